The Morgan fingerprint density at radius 2 is 1.77 bits per heavy atom. The molecule has 1 unspecified atom stereocenters. The molecule has 3 aromatic rings. The molecule has 2 heterocycles. The highest BCUT2D eigenvalue weighted by molar-refractivity contribution is 5.71. The molecule has 1 aromatic carbocycles. The monoisotopic (exact) mass is 446 g/mol. The summed E-state index contributed by atoms with van der Waals surface area (Å²) in [6.45, 7) is 0.620. The third-order valence-electron chi connectivity index (χ3n) is 4.17. The highest BCUT2D eigenvalue weighted by atomic mass is 19.4. The smallest absolute Gasteiger partial charge is 0.425 e. The first-order chi connectivity index (χ1) is 14.4. The van der Waals surface area contributed by atoms with Gasteiger partial charge in [0.25, 0.3) is 5.89 Å². The molecule has 12 heteroatoms. The molecule has 0 amide bonds. The second kappa shape index (κ2) is 8.08. The van der Waals surface area contributed by atoms with Gasteiger partial charge in [0, 0.05) is 25.9 Å². The summed E-state index contributed by atoms with van der Waals surface area (Å²) in [6, 6.07) is 5.80. The second-order valence-corrected chi connectivity index (χ2v) is 6.70. The van der Waals surface area contributed by atoms with Crippen molar-refractivity contribution in [2.24, 2.45) is 0 Å². The average Bonchev–Trinajstić information content (AvgIpc) is 3.16. The lowest BCUT2D eigenvalue weighted by atomic mass is 10.1. The number of aromatic nitrogens is 3. The first-order valence-corrected chi connectivity index (χ1v) is 8.79. The van der Waals surface area contributed by atoms with E-state index in [0.29, 0.717) is 24.4 Å². The molecule has 0 saturated heterocycles. The maximum atomic E-state index is 13.5. The van der Waals surface area contributed by atoms with Crippen LogP contribution in [-0.2, 0) is 6.18 Å². The molecule has 0 radical (unpaired) electrons. The summed E-state index contributed by atoms with van der Waals surface area (Å²) >= 11 is 0. The lowest BCUT2D eigenvalue weighted by Crippen LogP contribution is -2.31. The molecule has 3 rings (SSSR count). The predicted octanol–water partition coefficient (Wildman–Crippen LogP) is 5.21. The Kier molecular flexibility index (Phi) is 5.83. The van der Waals surface area contributed by atoms with Crippen molar-refractivity contribution in [3.63, 3.8) is 0 Å². The number of alkyl halides is 6. The predicted molar refractivity (Wildman–Crippen MR) is 98.4 cm³/mol. The van der Waals surface area contributed by atoms with Crippen LogP contribution in [0, 0.1) is 0 Å². The summed E-state index contributed by atoms with van der Waals surface area (Å²) < 4.78 is 88.1. The van der Waals surface area contributed by atoms with Gasteiger partial charge in [0.2, 0.25) is 5.82 Å². The van der Waals surface area contributed by atoms with Crippen molar-refractivity contribution in [3.05, 3.63) is 42.1 Å². The van der Waals surface area contributed by atoms with Crippen LogP contribution in [0.5, 0.6) is 5.75 Å². The lowest BCUT2D eigenvalue weighted by Gasteiger charge is -2.20. The van der Waals surface area contributed by atoms with E-state index in [4.69, 9.17) is 4.52 Å². The van der Waals surface area contributed by atoms with Gasteiger partial charge in [-0.05, 0) is 37.3 Å². The van der Waals surface area contributed by atoms with Gasteiger partial charge in [-0.2, -0.15) is 31.3 Å². The van der Waals surface area contributed by atoms with Gasteiger partial charge in [-0.25, -0.2) is 4.98 Å². The van der Waals surface area contributed by atoms with Crippen LogP contribution in [0.15, 0.2) is 41.1 Å². The Morgan fingerprint density at radius 1 is 1.06 bits per heavy atom. The van der Waals surface area contributed by atoms with E-state index in [2.05, 4.69) is 19.9 Å². The fourth-order valence-electron chi connectivity index (χ4n) is 2.62. The number of rotatable bonds is 5. The molecule has 0 fully saturated rings. The summed E-state index contributed by atoms with van der Waals surface area (Å²) in [5, 5.41) is 3.79. The maximum Gasteiger partial charge on any atom is 0.425 e. The molecule has 0 aliphatic heterocycles. The Balaban J connectivity index is 2.00. The molecule has 0 bridgehead atoms. The van der Waals surface area contributed by atoms with Crippen molar-refractivity contribution in [1.29, 1.82) is 0 Å². The van der Waals surface area contributed by atoms with E-state index >= 15 is 0 Å². The van der Waals surface area contributed by atoms with E-state index in [1.54, 1.807) is 37.3 Å². The largest absolute Gasteiger partial charge is 0.481 e. The standard InChI is InChI=1S/C19H16F6N4O2/c1-10(18(20,21)22)30-14-7-6-11(9-13(14)19(23,24)25)17-27-15(28-31-17)12-5-4-8-26-16(12)29(2)3/h4-10H,1-3H3. The number of nitrogens with zero attached hydrogens (tertiary/aromatic N) is 4. The number of pyridine rings is 1. The molecule has 0 N–H and O–H groups in total. The fraction of sp³-hybridized carbons (Fsp3) is 0.316. The van der Waals surface area contributed by atoms with Gasteiger partial charge in [0.15, 0.2) is 6.10 Å². The van der Waals surface area contributed by atoms with Crippen molar-refractivity contribution in [2.45, 2.75) is 25.4 Å². The normalized spacial score (nSPS) is 13.2. The third-order valence-corrected chi connectivity index (χ3v) is 4.17. The molecular weight excluding hydrogens is 430 g/mol. The summed E-state index contributed by atoms with van der Waals surface area (Å²) in [4.78, 5) is 10.00. The SMILES string of the molecule is CC(Oc1ccc(-c2nc(-c3cccnc3N(C)C)no2)cc1C(F)(F)F)C(F)(F)F. The fourth-order valence-corrected chi connectivity index (χ4v) is 2.62. The first kappa shape index (κ1) is 22.4. The lowest BCUT2D eigenvalue weighted by molar-refractivity contribution is -0.191. The van der Waals surface area contributed by atoms with Gasteiger partial charge < -0.3 is 14.2 Å². The van der Waals surface area contributed by atoms with Gasteiger partial charge >= 0.3 is 12.4 Å². The van der Waals surface area contributed by atoms with Crippen LogP contribution < -0.4 is 9.64 Å². The highest BCUT2D eigenvalue weighted by Gasteiger charge is 2.41. The van der Waals surface area contributed by atoms with Crippen LogP contribution in [0.2, 0.25) is 0 Å². The van der Waals surface area contributed by atoms with E-state index in [1.165, 1.54) is 0 Å². The number of halogens is 6. The number of anilines is 1. The molecule has 0 spiro atoms. The van der Waals surface area contributed by atoms with E-state index < -0.39 is 29.8 Å². The minimum Gasteiger partial charge on any atom is -0.481 e. The molecule has 31 heavy (non-hydrogen) atoms. The van der Waals surface area contributed by atoms with Crippen LogP contribution in [-0.4, -0.2) is 41.5 Å². The Bertz CT molecular complexity index is 1060. The number of benzene rings is 1. The van der Waals surface area contributed by atoms with Crippen molar-refractivity contribution < 1.29 is 35.6 Å². The van der Waals surface area contributed by atoms with E-state index in [9.17, 15) is 26.3 Å². The molecule has 1 atom stereocenters. The van der Waals surface area contributed by atoms with Gasteiger partial charge in [-0.15, -0.1) is 0 Å². The van der Waals surface area contributed by atoms with Crippen molar-refractivity contribution >= 4 is 5.82 Å². The maximum absolute atomic E-state index is 13.5. The summed E-state index contributed by atoms with van der Waals surface area (Å²) in [5.74, 6) is -0.602. The van der Waals surface area contributed by atoms with Crippen molar-refractivity contribution in [3.8, 4) is 28.6 Å². The van der Waals surface area contributed by atoms with Gasteiger partial charge in [-0.1, -0.05) is 5.16 Å². The molecule has 0 aliphatic rings. The van der Waals surface area contributed by atoms with Crippen LogP contribution >= 0.6 is 0 Å². The van der Waals surface area contributed by atoms with Crippen LogP contribution in [0.1, 0.15) is 12.5 Å². The summed E-state index contributed by atoms with van der Waals surface area (Å²) in [5.41, 5.74) is -1.04. The molecule has 0 aliphatic carbocycles. The van der Waals surface area contributed by atoms with E-state index in [1.807, 2.05) is 0 Å². The van der Waals surface area contributed by atoms with E-state index in [0.717, 1.165) is 12.1 Å². The van der Waals surface area contributed by atoms with Crippen molar-refractivity contribution in [1.82, 2.24) is 15.1 Å². The Hall–Kier alpha value is -3.31. The number of hydrogen-bond acceptors (Lipinski definition) is 6. The molecule has 166 valence electrons. The molecular formula is C19H16F6N4O2. The second-order valence-electron chi connectivity index (χ2n) is 6.70. The topological polar surface area (TPSA) is 64.3 Å². The zero-order chi connectivity index (χ0) is 23.0. The van der Waals surface area contributed by atoms with Crippen LogP contribution in [0.25, 0.3) is 22.8 Å². The zero-order valence-corrected chi connectivity index (χ0v) is 16.4. The minimum atomic E-state index is -4.97. The Morgan fingerprint density at radius 3 is 2.39 bits per heavy atom. The molecule has 2 aromatic heterocycles. The van der Waals surface area contributed by atoms with Crippen LogP contribution in [0.3, 0.4) is 0 Å². The number of ether oxygens (including phenoxy) is 1. The highest BCUT2D eigenvalue weighted by Crippen LogP contribution is 2.40. The van der Waals surface area contributed by atoms with Gasteiger partial charge in [0.05, 0.1) is 11.1 Å². The third kappa shape index (κ3) is 4.89. The van der Waals surface area contributed by atoms with E-state index in [-0.39, 0.29) is 17.3 Å². The summed E-state index contributed by atoms with van der Waals surface area (Å²) in [7, 11) is 3.48. The van der Waals surface area contributed by atoms with Gasteiger partial charge in [0.1, 0.15) is 11.6 Å². The molecule has 6 nitrogen and oxygen atoms in total. The van der Waals surface area contributed by atoms with Crippen LogP contribution in [0.4, 0.5) is 32.2 Å². The van der Waals surface area contributed by atoms with Gasteiger partial charge in [-0.3, -0.25) is 0 Å². The van der Waals surface area contributed by atoms with Crippen molar-refractivity contribution in [2.75, 3.05) is 19.0 Å². The average molecular weight is 446 g/mol. The first-order valence-electron chi connectivity index (χ1n) is 8.79. The number of hydrogen-bond donors (Lipinski definition) is 0. The zero-order valence-electron chi connectivity index (χ0n) is 16.4. The summed E-state index contributed by atoms with van der Waals surface area (Å²) in [6.07, 6.45) is -10.7. The quantitative estimate of drug-likeness (QED) is 0.502. The minimum absolute atomic E-state index is 0.0892. The Labute approximate surface area is 172 Å². The molecule has 0 saturated carbocycles.